The molecule has 1 aromatic rings. The second-order valence-electron chi connectivity index (χ2n) is 5.14. The van der Waals surface area contributed by atoms with Crippen LogP contribution >= 0.6 is 0 Å². The topological polar surface area (TPSA) is 61.4 Å². The first-order chi connectivity index (χ1) is 10.6. The predicted octanol–water partition coefficient (Wildman–Crippen LogP) is 2.04. The molecule has 0 aliphatic rings. The van der Waals surface area contributed by atoms with E-state index >= 15 is 0 Å². The van der Waals surface area contributed by atoms with Crippen molar-refractivity contribution in [2.75, 3.05) is 31.5 Å². The minimum Gasteiger partial charge on any atom is -0.348 e. The van der Waals surface area contributed by atoms with Gasteiger partial charge in [0.1, 0.15) is 0 Å². The number of nitrogens with zero attached hydrogens (tertiary/aromatic N) is 1. The number of hydrogen-bond donors (Lipinski definition) is 2. The lowest BCUT2D eigenvalue weighted by atomic mass is 10.1. The quantitative estimate of drug-likeness (QED) is 0.571. The molecule has 0 radical (unpaired) electrons. The van der Waals surface area contributed by atoms with Gasteiger partial charge in [0, 0.05) is 12.2 Å². The van der Waals surface area contributed by atoms with Crippen LogP contribution in [0.2, 0.25) is 0 Å². The van der Waals surface area contributed by atoms with Crippen molar-refractivity contribution in [3.63, 3.8) is 0 Å². The summed E-state index contributed by atoms with van der Waals surface area (Å²) in [6, 6.07) is 7.50. The van der Waals surface area contributed by atoms with Crippen LogP contribution in [0.1, 0.15) is 32.8 Å². The monoisotopic (exact) mass is 305 g/mol. The summed E-state index contributed by atoms with van der Waals surface area (Å²) in [4.78, 5) is 25.8. The number of rotatable bonds is 8. The van der Waals surface area contributed by atoms with Crippen molar-refractivity contribution < 1.29 is 9.59 Å². The molecule has 0 heterocycles. The lowest BCUT2D eigenvalue weighted by Gasteiger charge is -2.17. The van der Waals surface area contributed by atoms with Gasteiger partial charge in [-0.2, -0.15) is 0 Å². The first-order valence-corrected chi connectivity index (χ1v) is 8.01. The highest BCUT2D eigenvalue weighted by Gasteiger charge is 2.12. The Labute approximate surface area is 133 Å². The summed E-state index contributed by atoms with van der Waals surface area (Å²) in [7, 11) is 0. The average molecular weight is 305 g/mol. The molecule has 0 saturated carbocycles. The Morgan fingerprint density at radius 1 is 1.00 bits per heavy atom. The molecular formula is C17H27N3O2. The van der Waals surface area contributed by atoms with Crippen LogP contribution in [-0.4, -0.2) is 42.9 Å². The Kier molecular flexibility index (Phi) is 8.22. The molecular weight excluding hydrogens is 278 g/mol. The minimum absolute atomic E-state index is 0.511. The zero-order valence-electron chi connectivity index (χ0n) is 13.8. The van der Waals surface area contributed by atoms with E-state index < -0.39 is 11.8 Å². The van der Waals surface area contributed by atoms with Gasteiger partial charge in [-0.1, -0.05) is 32.9 Å². The number of amides is 2. The zero-order chi connectivity index (χ0) is 16.4. The van der Waals surface area contributed by atoms with E-state index in [0.29, 0.717) is 12.2 Å². The Bertz CT molecular complexity index is 467. The maximum atomic E-state index is 11.8. The first kappa shape index (κ1) is 18.2. The molecule has 0 fully saturated rings. The minimum atomic E-state index is -0.618. The maximum absolute atomic E-state index is 11.8. The van der Waals surface area contributed by atoms with Crippen molar-refractivity contribution in [1.82, 2.24) is 10.2 Å². The van der Waals surface area contributed by atoms with Crippen LogP contribution in [0.4, 0.5) is 5.69 Å². The van der Waals surface area contributed by atoms with Gasteiger partial charge in [0.25, 0.3) is 0 Å². The van der Waals surface area contributed by atoms with Gasteiger partial charge in [0.2, 0.25) is 0 Å². The van der Waals surface area contributed by atoms with E-state index in [2.05, 4.69) is 36.3 Å². The third-order valence-electron chi connectivity index (χ3n) is 3.66. The lowest BCUT2D eigenvalue weighted by Crippen LogP contribution is -2.37. The maximum Gasteiger partial charge on any atom is 0.313 e. The standard InChI is InChI=1S/C17H27N3O2/c1-4-14-8-10-15(11-9-14)19-17(22)16(21)18-12-7-13-20(5-2)6-3/h8-11H,4-7,12-13H2,1-3H3,(H,18,21)(H,19,22). The molecule has 1 aromatic carbocycles. The molecule has 5 heteroatoms. The summed E-state index contributed by atoms with van der Waals surface area (Å²) in [5, 5.41) is 5.25. The van der Waals surface area contributed by atoms with Crippen molar-refractivity contribution in [3.05, 3.63) is 29.8 Å². The van der Waals surface area contributed by atoms with E-state index in [0.717, 1.165) is 32.5 Å². The molecule has 2 N–H and O–H groups in total. The number of benzene rings is 1. The third-order valence-corrected chi connectivity index (χ3v) is 3.66. The zero-order valence-corrected chi connectivity index (χ0v) is 13.8. The van der Waals surface area contributed by atoms with Gasteiger partial charge in [0.05, 0.1) is 0 Å². The first-order valence-electron chi connectivity index (χ1n) is 8.01. The van der Waals surface area contributed by atoms with Crippen LogP contribution in [0, 0.1) is 0 Å². The Balaban J connectivity index is 2.31. The predicted molar refractivity (Wildman–Crippen MR) is 89.9 cm³/mol. The van der Waals surface area contributed by atoms with Crippen LogP contribution in [0.3, 0.4) is 0 Å². The summed E-state index contributed by atoms with van der Waals surface area (Å²) in [6.45, 7) is 9.72. The van der Waals surface area contributed by atoms with Gasteiger partial charge in [-0.25, -0.2) is 0 Å². The average Bonchev–Trinajstić information content (AvgIpc) is 2.55. The lowest BCUT2D eigenvalue weighted by molar-refractivity contribution is -0.136. The normalized spacial score (nSPS) is 10.5. The van der Waals surface area contributed by atoms with Crippen LogP contribution in [-0.2, 0) is 16.0 Å². The van der Waals surface area contributed by atoms with Crippen molar-refractivity contribution >= 4 is 17.5 Å². The van der Waals surface area contributed by atoms with E-state index in [1.165, 1.54) is 5.56 Å². The van der Waals surface area contributed by atoms with E-state index in [1.807, 2.05) is 24.3 Å². The second kappa shape index (κ2) is 9.95. The fourth-order valence-electron chi connectivity index (χ4n) is 2.14. The highest BCUT2D eigenvalue weighted by atomic mass is 16.2. The fraction of sp³-hybridized carbons (Fsp3) is 0.529. The molecule has 5 nitrogen and oxygen atoms in total. The molecule has 0 aliphatic heterocycles. The van der Waals surface area contributed by atoms with Crippen molar-refractivity contribution in [1.29, 1.82) is 0 Å². The SMILES string of the molecule is CCc1ccc(NC(=O)C(=O)NCCCN(CC)CC)cc1. The highest BCUT2D eigenvalue weighted by Crippen LogP contribution is 2.09. The van der Waals surface area contributed by atoms with Crippen LogP contribution in [0.25, 0.3) is 0 Å². The van der Waals surface area contributed by atoms with Gasteiger partial charge in [-0.3, -0.25) is 9.59 Å². The number of carbonyl (C=O) groups is 2. The number of anilines is 1. The van der Waals surface area contributed by atoms with Gasteiger partial charge >= 0.3 is 11.8 Å². The fourth-order valence-corrected chi connectivity index (χ4v) is 2.14. The van der Waals surface area contributed by atoms with E-state index in [1.54, 1.807) is 0 Å². The van der Waals surface area contributed by atoms with Crippen molar-refractivity contribution in [3.8, 4) is 0 Å². The Morgan fingerprint density at radius 3 is 2.18 bits per heavy atom. The molecule has 0 unspecified atom stereocenters. The van der Waals surface area contributed by atoms with E-state index in [9.17, 15) is 9.59 Å². The summed E-state index contributed by atoms with van der Waals surface area (Å²) >= 11 is 0. The van der Waals surface area contributed by atoms with Gasteiger partial charge < -0.3 is 15.5 Å². The smallest absolute Gasteiger partial charge is 0.313 e. The molecule has 0 aromatic heterocycles. The molecule has 22 heavy (non-hydrogen) atoms. The van der Waals surface area contributed by atoms with Crippen LogP contribution < -0.4 is 10.6 Å². The van der Waals surface area contributed by atoms with Crippen molar-refractivity contribution in [2.45, 2.75) is 33.6 Å². The molecule has 0 bridgehead atoms. The van der Waals surface area contributed by atoms with Crippen LogP contribution in [0.5, 0.6) is 0 Å². The molecule has 0 atom stereocenters. The van der Waals surface area contributed by atoms with Gasteiger partial charge in [-0.05, 0) is 50.2 Å². The molecule has 0 saturated heterocycles. The molecule has 0 spiro atoms. The molecule has 1 rings (SSSR count). The third kappa shape index (κ3) is 6.26. The van der Waals surface area contributed by atoms with Gasteiger partial charge in [0.15, 0.2) is 0 Å². The number of carbonyl (C=O) groups excluding carboxylic acids is 2. The highest BCUT2D eigenvalue weighted by molar-refractivity contribution is 6.39. The molecule has 2 amide bonds. The summed E-state index contributed by atoms with van der Waals surface area (Å²) in [5.74, 6) is -1.20. The Morgan fingerprint density at radius 2 is 1.64 bits per heavy atom. The van der Waals surface area contributed by atoms with Crippen molar-refractivity contribution in [2.24, 2.45) is 0 Å². The number of hydrogen-bond acceptors (Lipinski definition) is 3. The number of aryl methyl sites for hydroxylation is 1. The summed E-state index contributed by atoms with van der Waals surface area (Å²) in [5.41, 5.74) is 1.83. The second-order valence-corrected chi connectivity index (χ2v) is 5.14. The van der Waals surface area contributed by atoms with E-state index in [4.69, 9.17) is 0 Å². The summed E-state index contributed by atoms with van der Waals surface area (Å²) in [6.07, 6.45) is 1.78. The molecule has 122 valence electrons. The molecule has 0 aliphatic carbocycles. The van der Waals surface area contributed by atoms with E-state index in [-0.39, 0.29) is 0 Å². The number of nitrogens with one attached hydrogen (secondary N) is 2. The Hall–Kier alpha value is -1.88. The largest absolute Gasteiger partial charge is 0.348 e. The van der Waals surface area contributed by atoms with Crippen LogP contribution in [0.15, 0.2) is 24.3 Å². The summed E-state index contributed by atoms with van der Waals surface area (Å²) < 4.78 is 0. The van der Waals surface area contributed by atoms with Gasteiger partial charge in [-0.15, -0.1) is 0 Å².